The third-order valence-corrected chi connectivity index (χ3v) is 3.29. The van der Waals surface area contributed by atoms with Crippen molar-refractivity contribution in [1.29, 1.82) is 0 Å². The summed E-state index contributed by atoms with van der Waals surface area (Å²) in [7, 11) is 1.54. The number of methoxy groups -OCH3 is 1. The monoisotopic (exact) mass is 306 g/mol. The summed E-state index contributed by atoms with van der Waals surface area (Å²) < 4.78 is 10.1. The molecule has 1 aliphatic rings. The summed E-state index contributed by atoms with van der Waals surface area (Å²) in [5, 5.41) is 2.65. The fourth-order valence-corrected chi connectivity index (χ4v) is 2.10. The average molecular weight is 306 g/mol. The highest BCUT2D eigenvalue weighted by Crippen LogP contribution is 2.23. The van der Waals surface area contributed by atoms with Gasteiger partial charge in [-0.2, -0.15) is 0 Å². The summed E-state index contributed by atoms with van der Waals surface area (Å²) >= 11 is 0. The summed E-state index contributed by atoms with van der Waals surface area (Å²) in [6.45, 7) is 2.85. The Kier molecular flexibility index (Phi) is 4.35. The molecule has 1 heterocycles. The first-order chi connectivity index (χ1) is 10.3. The molecular formula is C15H18N2O5. The van der Waals surface area contributed by atoms with Crippen LogP contribution in [0.4, 0.5) is 4.79 Å². The number of carbonyl (C=O) groups is 3. The van der Waals surface area contributed by atoms with Crippen molar-refractivity contribution >= 4 is 17.9 Å². The van der Waals surface area contributed by atoms with E-state index in [0.29, 0.717) is 5.75 Å². The second-order valence-corrected chi connectivity index (χ2v) is 5.36. The van der Waals surface area contributed by atoms with Crippen molar-refractivity contribution in [2.24, 2.45) is 0 Å². The van der Waals surface area contributed by atoms with Crippen LogP contribution in [0.1, 0.15) is 19.4 Å². The molecule has 1 saturated heterocycles. The van der Waals surface area contributed by atoms with Gasteiger partial charge in [-0.05, 0) is 19.9 Å². The SMILES string of the molecule is COc1ccccc1CNC(=O)CN1C(=O)OC(C)(C)C1=O. The van der Waals surface area contributed by atoms with Crippen LogP contribution in [0.25, 0.3) is 0 Å². The molecule has 118 valence electrons. The highest BCUT2D eigenvalue weighted by Gasteiger charge is 2.47. The third-order valence-electron chi connectivity index (χ3n) is 3.29. The molecule has 1 aliphatic heterocycles. The minimum absolute atomic E-state index is 0.239. The lowest BCUT2D eigenvalue weighted by Gasteiger charge is -2.14. The van der Waals surface area contributed by atoms with E-state index in [0.717, 1.165) is 10.5 Å². The molecule has 22 heavy (non-hydrogen) atoms. The number of amides is 3. The largest absolute Gasteiger partial charge is 0.496 e. The summed E-state index contributed by atoms with van der Waals surface area (Å²) in [6, 6.07) is 7.25. The van der Waals surface area contributed by atoms with Gasteiger partial charge in [0.2, 0.25) is 5.91 Å². The molecule has 1 aromatic rings. The highest BCUT2D eigenvalue weighted by molar-refractivity contribution is 6.04. The number of nitrogens with zero attached hydrogens (tertiary/aromatic N) is 1. The number of rotatable bonds is 5. The van der Waals surface area contributed by atoms with Crippen molar-refractivity contribution in [3.63, 3.8) is 0 Å². The molecule has 0 spiro atoms. The molecule has 0 radical (unpaired) electrons. The number of nitrogens with one attached hydrogen (secondary N) is 1. The normalized spacial score (nSPS) is 16.4. The number of benzene rings is 1. The number of hydrogen-bond acceptors (Lipinski definition) is 5. The lowest BCUT2D eigenvalue weighted by Crippen LogP contribution is -2.42. The van der Waals surface area contributed by atoms with Crippen LogP contribution < -0.4 is 10.1 Å². The number of ether oxygens (including phenoxy) is 2. The van der Waals surface area contributed by atoms with Crippen LogP contribution in [0, 0.1) is 0 Å². The summed E-state index contributed by atoms with van der Waals surface area (Å²) in [5.41, 5.74) is -0.422. The predicted molar refractivity (Wildman–Crippen MR) is 77.1 cm³/mol. The number of hydrogen-bond donors (Lipinski definition) is 1. The highest BCUT2D eigenvalue weighted by atomic mass is 16.6. The van der Waals surface area contributed by atoms with Gasteiger partial charge in [-0.25, -0.2) is 9.69 Å². The molecular weight excluding hydrogens is 288 g/mol. The van der Waals surface area contributed by atoms with Gasteiger partial charge < -0.3 is 14.8 Å². The molecule has 0 saturated carbocycles. The molecule has 1 N–H and O–H groups in total. The van der Waals surface area contributed by atoms with Crippen LogP contribution in [-0.2, 0) is 20.9 Å². The van der Waals surface area contributed by atoms with Crippen LogP contribution in [0.15, 0.2) is 24.3 Å². The second-order valence-electron chi connectivity index (χ2n) is 5.36. The first-order valence-electron chi connectivity index (χ1n) is 6.78. The van der Waals surface area contributed by atoms with Gasteiger partial charge in [0.15, 0.2) is 5.60 Å². The fourth-order valence-electron chi connectivity index (χ4n) is 2.10. The van der Waals surface area contributed by atoms with Gasteiger partial charge >= 0.3 is 6.09 Å². The minimum atomic E-state index is -1.22. The van der Waals surface area contributed by atoms with Gasteiger partial charge in [0, 0.05) is 12.1 Å². The standard InChI is InChI=1S/C15H18N2O5/c1-15(2)13(19)17(14(20)22-15)9-12(18)16-8-10-6-4-5-7-11(10)21-3/h4-7H,8-9H2,1-3H3,(H,16,18). The lowest BCUT2D eigenvalue weighted by atomic mass is 10.1. The minimum Gasteiger partial charge on any atom is -0.496 e. The molecule has 0 atom stereocenters. The van der Waals surface area contributed by atoms with Crippen molar-refractivity contribution in [3.05, 3.63) is 29.8 Å². The average Bonchev–Trinajstić information content (AvgIpc) is 2.67. The molecule has 2 rings (SSSR count). The van der Waals surface area contributed by atoms with Gasteiger partial charge in [-0.3, -0.25) is 9.59 Å². The Labute approximate surface area is 128 Å². The maximum Gasteiger partial charge on any atom is 0.418 e. The predicted octanol–water partition coefficient (Wildman–Crippen LogP) is 1.07. The van der Waals surface area contributed by atoms with Gasteiger partial charge in [0.25, 0.3) is 5.91 Å². The molecule has 3 amide bonds. The van der Waals surface area contributed by atoms with E-state index in [4.69, 9.17) is 9.47 Å². The Hall–Kier alpha value is -2.57. The summed E-state index contributed by atoms with van der Waals surface area (Å²) in [6.07, 6.45) is -0.803. The van der Waals surface area contributed by atoms with E-state index in [2.05, 4.69) is 5.32 Å². The van der Waals surface area contributed by atoms with Crippen LogP contribution in [0.5, 0.6) is 5.75 Å². The maximum absolute atomic E-state index is 11.9. The van der Waals surface area contributed by atoms with Crippen LogP contribution in [-0.4, -0.2) is 42.1 Å². The van der Waals surface area contributed by atoms with Gasteiger partial charge in [-0.15, -0.1) is 0 Å². The van der Waals surface area contributed by atoms with Crippen LogP contribution >= 0.6 is 0 Å². The molecule has 0 unspecified atom stereocenters. The Morgan fingerprint density at radius 3 is 2.59 bits per heavy atom. The van der Waals surface area contributed by atoms with E-state index < -0.39 is 23.5 Å². The number of para-hydroxylation sites is 1. The maximum atomic E-state index is 11.9. The Morgan fingerprint density at radius 2 is 2.00 bits per heavy atom. The Bertz CT molecular complexity index is 612. The van der Waals surface area contributed by atoms with E-state index in [1.54, 1.807) is 13.2 Å². The van der Waals surface area contributed by atoms with Crippen LogP contribution in [0.3, 0.4) is 0 Å². The van der Waals surface area contributed by atoms with E-state index in [-0.39, 0.29) is 13.1 Å². The first-order valence-corrected chi connectivity index (χ1v) is 6.78. The molecule has 7 heteroatoms. The number of cyclic esters (lactones) is 1. The van der Waals surface area contributed by atoms with Crippen molar-refractivity contribution in [3.8, 4) is 5.75 Å². The zero-order valence-electron chi connectivity index (χ0n) is 12.7. The van der Waals surface area contributed by atoms with Gasteiger partial charge in [0.1, 0.15) is 12.3 Å². The quantitative estimate of drug-likeness (QED) is 0.879. The van der Waals surface area contributed by atoms with E-state index in [9.17, 15) is 14.4 Å². The third kappa shape index (κ3) is 3.19. The van der Waals surface area contributed by atoms with Gasteiger partial charge in [-0.1, -0.05) is 18.2 Å². The number of imide groups is 1. The lowest BCUT2D eigenvalue weighted by molar-refractivity contribution is -0.137. The molecule has 0 aliphatic carbocycles. The van der Waals surface area contributed by atoms with Crippen molar-refractivity contribution in [1.82, 2.24) is 10.2 Å². The zero-order chi connectivity index (χ0) is 16.3. The molecule has 1 fully saturated rings. The smallest absolute Gasteiger partial charge is 0.418 e. The topological polar surface area (TPSA) is 84.9 Å². The molecule has 7 nitrogen and oxygen atoms in total. The van der Waals surface area contributed by atoms with Crippen molar-refractivity contribution in [2.75, 3.05) is 13.7 Å². The molecule has 0 bridgehead atoms. The summed E-state index contributed by atoms with van der Waals surface area (Å²) in [5.74, 6) is -0.320. The van der Waals surface area contributed by atoms with Gasteiger partial charge in [0.05, 0.1) is 7.11 Å². The molecule has 0 aromatic heterocycles. The van der Waals surface area contributed by atoms with Crippen molar-refractivity contribution < 1.29 is 23.9 Å². The molecule has 1 aromatic carbocycles. The Morgan fingerprint density at radius 1 is 1.32 bits per heavy atom. The fraction of sp³-hybridized carbons (Fsp3) is 0.400. The van der Waals surface area contributed by atoms with E-state index in [1.165, 1.54) is 13.8 Å². The Balaban J connectivity index is 1.94. The number of carbonyl (C=O) groups excluding carboxylic acids is 3. The zero-order valence-corrected chi connectivity index (χ0v) is 12.7. The first kappa shape index (κ1) is 15.8. The second kappa shape index (κ2) is 6.05. The van der Waals surface area contributed by atoms with Crippen molar-refractivity contribution in [2.45, 2.75) is 26.0 Å². The van der Waals surface area contributed by atoms with E-state index >= 15 is 0 Å². The van der Waals surface area contributed by atoms with E-state index in [1.807, 2.05) is 18.2 Å². The van der Waals surface area contributed by atoms with Crippen LogP contribution in [0.2, 0.25) is 0 Å². The summed E-state index contributed by atoms with van der Waals surface area (Å²) in [4.78, 5) is 36.2.